The molecule has 0 heterocycles. The highest BCUT2D eigenvalue weighted by molar-refractivity contribution is 9.10. The first kappa shape index (κ1) is 10.7. The van der Waals surface area contributed by atoms with Gasteiger partial charge in [-0.1, -0.05) is 28.1 Å². The summed E-state index contributed by atoms with van der Waals surface area (Å²) >= 11 is 3.43. The first-order valence-electron chi connectivity index (χ1n) is 5.14. The number of esters is 1. The van der Waals surface area contributed by atoms with E-state index >= 15 is 0 Å². The van der Waals surface area contributed by atoms with Gasteiger partial charge in [-0.3, -0.25) is 4.79 Å². The van der Waals surface area contributed by atoms with Crippen molar-refractivity contribution >= 4 is 21.9 Å². The zero-order valence-corrected chi connectivity index (χ0v) is 10.2. The van der Waals surface area contributed by atoms with Crippen LogP contribution in [0.1, 0.15) is 24.8 Å². The lowest BCUT2D eigenvalue weighted by molar-refractivity contribution is -0.144. The smallest absolute Gasteiger partial charge is 0.309 e. The third-order valence-corrected chi connectivity index (χ3v) is 3.15. The van der Waals surface area contributed by atoms with Gasteiger partial charge in [0.1, 0.15) is 0 Å². The second kappa shape index (κ2) is 4.35. The maximum atomic E-state index is 11.4. The molecule has 1 aliphatic rings. The van der Waals surface area contributed by atoms with Crippen molar-refractivity contribution < 1.29 is 9.53 Å². The molecular formula is C12H13BrO2. The summed E-state index contributed by atoms with van der Waals surface area (Å²) in [6.45, 7) is 2.31. The van der Waals surface area contributed by atoms with Crippen molar-refractivity contribution in [3.05, 3.63) is 34.3 Å². The Kier molecular flexibility index (Phi) is 3.10. The van der Waals surface area contributed by atoms with Crippen LogP contribution in [-0.4, -0.2) is 12.6 Å². The molecule has 0 radical (unpaired) electrons. The van der Waals surface area contributed by atoms with Gasteiger partial charge >= 0.3 is 5.97 Å². The average molecular weight is 269 g/mol. The molecular weight excluding hydrogens is 256 g/mol. The number of rotatable bonds is 3. The lowest BCUT2D eigenvalue weighted by Gasteiger charge is -2.01. The van der Waals surface area contributed by atoms with Crippen LogP contribution in [0.4, 0.5) is 0 Å². The average Bonchev–Trinajstić information content (AvgIpc) is 2.97. The summed E-state index contributed by atoms with van der Waals surface area (Å²) < 4.78 is 6.06. The molecule has 0 saturated heterocycles. The molecule has 1 aromatic carbocycles. The van der Waals surface area contributed by atoms with Gasteiger partial charge in [-0.25, -0.2) is 0 Å². The van der Waals surface area contributed by atoms with Crippen LogP contribution < -0.4 is 0 Å². The molecule has 1 saturated carbocycles. The lowest BCUT2D eigenvalue weighted by atomic mass is 10.1. The van der Waals surface area contributed by atoms with E-state index in [-0.39, 0.29) is 11.9 Å². The van der Waals surface area contributed by atoms with Crippen LogP contribution in [0.15, 0.2) is 28.7 Å². The van der Waals surface area contributed by atoms with Crippen LogP contribution >= 0.6 is 15.9 Å². The van der Waals surface area contributed by atoms with Crippen molar-refractivity contribution in [2.75, 3.05) is 6.61 Å². The summed E-state index contributed by atoms with van der Waals surface area (Å²) in [7, 11) is 0. The van der Waals surface area contributed by atoms with Crippen molar-refractivity contribution in [2.45, 2.75) is 19.3 Å². The van der Waals surface area contributed by atoms with Crippen LogP contribution in [0, 0.1) is 5.92 Å². The Morgan fingerprint density at radius 1 is 1.60 bits per heavy atom. The Balaban J connectivity index is 2.01. The van der Waals surface area contributed by atoms with Gasteiger partial charge in [-0.2, -0.15) is 0 Å². The molecule has 2 atom stereocenters. The fourth-order valence-corrected chi connectivity index (χ4v) is 2.23. The molecule has 0 unspecified atom stereocenters. The van der Waals surface area contributed by atoms with Crippen LogP contribution in [0.25, 0.3) is 0 Å². The van der Waals surface area contributed by atoms with Gasteiger partial charge in [0.05, 0.1) is 12.5 Å². The van der Waals surface area contributed by atoms with Crippen LogP contribution in [0.5, 0.6) is 0 Å². The molecule has 0 bridgehead atoms. The summed E-state index contributed by atoms with van der Waals surface area (Å²) in [5.41, 5.74) is 1.22. The highest BCUT2D eigenvalue weighted by Gasteiger charge is 2.45. The number of benzene rings is 1. The van der Waals surface area contributed by atoms with E-state index in [9.17, 15) is 4.79 Å². The number of ether oxygens (including phenoxy) is 1. The molecule has 2 nitrogen and oxygen atoms in total. The van der Waals surface area contributed by atoms with Gasteiger partial charge in [0.15, 0.2) is 0 Å². The zero-order valence-electron chi connectivity index (χ0n) is 8.57. The Labute approximate surface area is 97.8 Å². The summed E-state index contributed by atoms with van der Waals surface area (Å²) in [6, 6.07) is 8.13. The van der Waals surface area contributed by atoms with Gasteiger partial charge in [-0.05, 0) is 37.0 Å². The quantitative estimate of drug-likeness (QED) is 0.788. The van der Waals surface area contributed by atoms with Gasteiger partial charge in [-0.15, -0.1) is 0 Å². The van der Waals surface area contributed by atoms with Crippen molar-refractivity contribution in [3.63, 3.8) is 0 Å². The first-order valence-corrected chi connectivity index (χ1v) is 5.93. The lowest BCUT2D eigenvalue weighted by Crippen LogP contribution is -2.07. The van der Waals surface area contributed by atoms with E-state index < -0.39 is 0 Å². The Morgan fingerprint density at radius 2 is 2.40 bits per heavy atom. The number of carbonyl (C=O) groups is 1. The molecule has 0 aliphatic heterocycles. The molecule has 1 aliphatic carbocycles. The SMILES string of the molecule is CCOC(=O)[C@H]1C[C@@H]1c1cccc(Br)c1. The van der Waals surface area contributed by atoms with Gasteiger partial charge in [0.25, 0.3) is 0 Å². The minimum Gasteiger partial charge on any atom is -0.466 e. The molecule has 0 N–H and O–H groups in total. The van der Waals surface area contributed by atoms with Gasteiger partial charge in [0.2, 0.25) is 0 Å². The van der Waals surface area contributed by atoms with Crippen molar-refractivity contribution in [2.24, 2.45) is 5.92 Å². The summed E-state index contributed by atoms with van der Waals surface area (Å²) in [6.07, 6.45) is 0.926. The van der Waals surface area contributed by atoms with Crippen molar-refractivity contribution in [3.8, 4) is 0 Å². The largest absolute Gasteiger partial charge is 0.466 e. The van der Waals surface area contributed by atoms with E-state index in [1.54, 1.807) is 0 Å². The van der Waals surface area contributed by atoms with E-state index in [1.807, 2.05) is 19.1 Å². The molecule has 1 fully saturated rings. The standard InChI is InChI=1S/C12H13BrO2/c1-2-15-12(14)11-7-10(11)8-4-3-5-9(13)6-8/h3-6,10-11H,2,7H2,1H3/t10-,11+/m1/s1. The normalized spacial score (nSPS) is 23.6. The second-order valence-electron chi connectivity index (χ2n) is 3.76. The highest BCUT2D eigenvalue weighted by Crippen LogP contribution is 2.48. The minimum absolute atomic E-state index is 0.0533. The van der Waals surface area contributed by atoms with Gasteiger partial charge in [0, 0.05) is 4.47 Å². The topological polar surface area (TPSA) is 26.3 Å². The number of carbonyl (C=O) groups excluding carboxylic acids is 1. The van der Waals surface area contributed by atoms with Crippen LogP contribution in [0.3, 0.4) is 0 Å². The van der Waals surface area contributed by atoms with Crippen LogP contribution in [0.2, 0.25) is 0 Å². The third kappa shape index (κ3) is 2.40. The second-order valence-corrected chi connectivity index (χ2v) is 4.67. The Bertz CT molecular complexity index is 376. The van der Waals surface area contributed by atoms with Gasteiger partial charge < -0.3 is 4.74 Å². The highest BCUT2D eigenvalue weighted by atomic mass is 79.9. The van der Waals surface area contributed by atoms with Crippen molar-refractivity contribution in [1.82, 2.24) is 0 Å². The predicted molar refractivity (Wildman–Crippen MR) is 61.6 cm³/mol. The molecule has 80 valence electrons. The minimum atomic E-state index is -0.0533. The Hall–Kier alpha value is -0.830. The maximum absolute atomic E-state index is 11.4. The molecule has 15 heavy (non-hydrogen) atoms. The van der Waals surface area contributed by atoms with E-state index in [0.717, 1.165) is 10.9 Å². The fourth-order valence-electron chi connectivity index (χ4n) is 1.81. The number of halogens is 1. The molecule has 0 aromatic heterocycles. The van der Waals surface area contributed by atoms with Crippen molar-refractivity contribution in [1.29, 1.82) is 0 Å². The summed E-state index contributed by atoms with van der Waals surface area (Å²) in [5.74, 6) is 0.392. The summed E-state index contributed by atoms with van der Waals surface area (Å²) in [4.78, 5) is 11.4. The fraction of sp³-hybridized carbons (Fsp3) is 0.417. The van der Waals surface area contributed by atoms with E-state index in [1.165, 1.54) is 5.56 Å². The molecule has 2 rings (SSSR count). The molecule has 0 amide bonds. The molecule has 1 aromatic rings. The monoisotopic (exact) mass is 268 g/mol. The molecule has 3 heteroatoms. The summed E-state index contributed by atoms with van der Waals surface area (Å²) in [5, 5.41) is 0. The van der Waals surface area contributed by atoms with E-state index in [2.05, 4.69) is 28.1 Å². The van der Waals surface area contributed by atoms with E-state index in [0.29, 0.717) is 12.5 Å². The molecule has 0 spiro atoms. The number of hydrogen-bond acceptors (Lipinski definition) is 2. The maximum Gasteiger partial charge on any atom is 0.309 e. The zero-order chi connectivity index (χ0) is 10.8. The third-order valence-electron chi connectivity index (χ3n) is 2.66. The number of hydrogen-bond donors (Lipinski definition) is 0. The van der Waals surface area contributed by atoms with E-state index in [4.69, 9.17) is 4.74 Å². The first-order chi connectivity index (χ1) is 7.22. The van der Waals surface area contributed by atoms with Crippen LogP contribution in [-0.2, 0) is 9.53 Å². The predicted octanol–water partition coefficient (Wildman–Crippen LogP) is 3.12. The Morgan fingerprint density at radius 3 is 3.07 bits per heavy atom.